The highest BCUT2D eigenvalue weighted by molar-refractivity contribution is 6.38. The van der Waals surface area contributed by atoms with Crippen LogP contribution in [0.25, 0.3) is 87.0 Å². The normalized spacial score (nSPS) is 12.0. The smallest absolute Gasteiger partial charge is 0.159 e. The van der Waals surface area contributed by atoms with Crippen LogP contribution in [0.2, 0.25) is 0 Å². The molecule has 0 atom stereocenters. The van der Waals surface area contributed by atoms with Crippen molar-refractivity contribution in [2.75, 3.05) is 9.80 Å². The van der Waals surface area contributed by atoms with Crippen molar-refractivity contribution in [2.45, 2.75) is 13.8 Å². The van der Waals surface area contributed by atoms with Crippen molar-refractivity contribution < 1.29 is 8.83 Å². The molecule has 2 heterocycles. The van der Waals surface area contributed by atoms with Crippen LogP contribution in [0.3, 0.4) is 0 Å². The largest absolute Gasteiger partial charge is 0.454 e. The van der Waals surface area contributed by atoms with Crippen LogP contribution in [0.4, 0.5) is 34.1 Å². The van der Waals surface area contributed by atoms with Gasteiger partial charge in [0.05, 0.1) is 22.7 Å². The average Bonchev–Trinajstić information content (AvgIpc) is 3.90. The van der Waals surface area contributed by atoms with Crippen LogP contribution in [0.1, 0.15) is 11.1 Å². The number of nitrogens with zero attached hydrogens (tertiary/aromatic N) is 2. The van der Waals surface area contributed by atoms with Gasteiger partial charge in [-0.1, -0.05) is 133 Å². The molecular weight excluding hydrogens is 757 g/mol. The van der Waals surface area contributed by atoms with Gasteiger partial charge in [-0.05, 0) is 107 Å². The van der Waals surface area contributed by atoms with E-state index in [1.807, 2.05) is 12.1 Å². The minimum absolute atomic E-state index is 0.864. The van der Waals surface area contributed by atoms with E-state index in [9.17, 15) is 0 Å². The minimum Gasteiger partial charge on any atom is -0.454 e. The van der Waals surface area contributed by atoms with E-state index >= 15 is 0 Å². The lowest BCUT2D eigenvalue weighted by Gasteiger charge is -2.31. The Morgan fingerprint density at radius 2 is 0.661 bits per heavy atom. The Labute approximate surface area is 357 Å². The SMILES string of the molecule is Cc1cc(N(c2ccccc2)c2cccc3c2oc2ccccc23)c2ccc3c(N(c4ccccc4)c4cccc5c4oc4ccccc45)cc(C)c4c5ccccc5c1c2c34. The highest BCUT2D eigenvalue weighted by Gasteiger charge is 2.28. The average molecular weight is 795 g/mol. The summed E-state index contributed by atoms with van der Waals surface area (Å²) in [5, 5.41) is 14.3. The maximum absolute atomic E-state index is 6.76. The number of rotatable bonds is 6. The Morgan fingerprint density at radius 3 is 1.10 bits per heavy atom. The van der Waals surface area contributed by atoms with Gasteiger partial charge in [0.2, 0.25) is 0 Å². The van der Waals surface area contributed by atoms with Crippen LogP contribution in [-0.2, 0) is 0 Å². The second kappa shape index (κ2) is 13.2. The third kappa shape index (κ3) is 4.89. The van der Waals surface area contributed by atoms with Crippen LogP contribution in [-0.4, -0.2) is 0 Å². The molecule has 0 N–H and O–H groups in total. The molecular formula is C58H38N2O2. The molecule has 0 amide bonds. The van der Waals surface area contributed by atoms with Gasteiger partial charge in [0.1, 0.15) is 11.2 Å². The molecule has 0 fully saturated rings. The molecule has 11 aromatic carbocycles. The first-order valence-electron chi connectivity index (χ1n) is 21.3. The van der Waals surface area contributed by atoms with Crippen molar-refractivity contribution >= 4 is 121 Å². The number of benzene rings is 11. The molecule has 0 aliphatic heterocycles. The molecule has 292 valence electrons. The van der Waals surface area contributed by atoms with Crippen molar-refractivity contribution in [2.24, 2.45) is 0 Å². The fourth-order valence-electron chi connectivity index (χ4n) is 10.4. The van der Waals surface area contributed by atoms with Crippen LogP contribution in [0.5, 0.6) is 0 Å². The zero-order chi connectivity index (χ0) is 41.1. The number of aryl methyl sites for hydroxylation is 2. The summed E-state index contributed by atoms with van der Waals surface area (Å²) in [4.78, 5) is 4.80. The lowest BCUT2D eigenvalue weighted by atomic mass is 9.84. The Balaban J connectivity index is 1.17. The van der Waals surface area contributed by atoms with Crippen molar-refractivity contribution in [3.63, 3.8) is 0 Å². The van der Waals surface area contributed by atoms with E-state index in [1.165, 1.54) is 54.2 Å². The number of hydrogen-bond acceptors (Lipinski definition) is 4. The van der Waals surface area contributed by atoms with Gasteiger partial charge in [0.25, 0.3) is 0 Å². The fraction of sp³-hybridized carbons (Fsp3) is 0.0345. The molecule has 13 aromatic rings. The molecule has 0 bridgehead atoms. The van der Waals surface area contributed by atoms with Crippen LogP contribution in [0.15, 0.2) is 203 Å². The second-order valence-corrected chi connectivity index (χ2v) is 16.5. The predicted molar refractivity (Wildman–Crippen MR) is 261 cm³/mol. The van der Waals surface area contributed by atoms with Crippen molar-refractivity contribution in [1.29, 1.82) is 0 Å². The van der Waals surface area contributed by atoms with E-state index in [1.54, 1.807) is 0 Å². The van der Waals surface area contributed by atoms with Gasteiger partial charge in [-0.3, -0.25) is 0 Å². The molecule has 0 aliphatic carbocycles. The summed E-state index contributed by atoms with van der Waals surface area (Å²) in [6.07, 6.45) is 0. The van der Waals surface area contributed by atoms with Crippen LogP contribution >= 0.6 is 0 Å². The summed E-state index contributed by atoms with van der Waals surface area (Å²) in [5.74, 6) is 0. The van der Waals surface area contributed by atoms with Crippen molar-refractivity contribution in [1.82, 2.24) is 0 Å². The zero-order valence-electron chi connectivity index (χ0n) is 34.2. The standard InChI is InChI=1S/C58H38N2O2/c1-35-33-49(59(37-17-5-3-6-18-37)47-27-15-25-43-39-21-11-13-29-51(39)61-57(43)47)45-31-32-46-50(34-36(2)54-42-24-10-9-23-41(42)53(35)55(45)56(46)54)60(38-19-7-4-8-20-38)48-28-16-26-44-40-22-12-14-30-52(40)62-58(44)48/h3-34H,1-2H3. The molecule has 62 heavy (non-hydrogen) atoms. The molecule has 4 heteroatoms. The van der Waals surface area contributed by atoms with Gasteiger partial charge >= 0.3 is 0 Å². The van der Waals surface area contributed by atoms with E-state index in [0.717, 1.165) is 78.0 Å². The number of fused-ring (bicyclic) bond motifs is 9. The molecule has 0 spiro atoms. The molecule has 13 rings (SSSR count). The summed E-state index contributed by atoms with van der Waals surface area (Å²) in [6.45, 7) is 4.55. The van der Waals surface area contributed by atoms with Crippen molar-refractivity contribution in [3.05, 3.63) is 205 Å². The topological polar surface area (TPSA) is 32.8 Å². The van der Waals surface area contributed by atoms with E-state index in [2.05, 4.69) is 206 Å². The van der Waals surface area contributed by atoms with Gasteiger partial charge in [-0.15, -0.1) is 0 Å². The fourth-order valence-corrected chi connectivity index (χ4v) is 10.4. The molecule has 0 radical (unpaired) electrons. The number of anilines is 6. The summed E-state index contributed by atoms with van der Waals surface area (Å²) in [5.41, 5.74) is 12.2. The number of para-hydroxylation sites is 6. The summed E-state index contributed by atoms with van der Waals surface area (Å²) in [7, 11) is 0. The summed E-state index contributed by atoms with van der Waals surface area (Å²) >= 11 is 0. The maximum atomic E-state index is 6.76. The zero-order valence-corrected chi connectivity index (χ0v) is 34.2. The molecule has 0 unspecified atom stereocenters. The molecule has 0 saturated carbocycles. The quantitative estimate of drug-likeness (QED) is 0.124. The van der Waals surface area contributed by atoms with Crippen LogP contribution < -0.4 is 9.80 Å². The summed E-state index contributed by atoms with van der Waals surface area (Å²) < 4.78 is 13.5. The van der Waals surface area contributed by atoms with Crippen molar-refractivity contribution in [3.8, 4) is 0 Å². The van der Waals surface area contributed by atoms with Crippen LogP contribution in [0, 0.1) is 13.8 Å². The Hall–Kier alpha value is -8.08. The third-order valence-electron chi connectivity index (χ3n) is 13.0. The molecule has 0 saturated heterocycles. The van der Waals surface area contributed by atoms with Gasteiger partial charge in [0.15, 0.2) is 11.2 Å². The van der Waals surface area contributed by atoms with E-state index in [0.29, 0.717) is 0 Å². The molecule has 4 nitrogen and oxygen atoms in total. The molecule has 2 aromatic heterocycles. The Bertz CT molecular complexity index is 3640. The maximum Gasteiger partial charge on any atom is 0.159 e. The second-order valence-electron chi connectivity index (χ2n) is 16.5. The first kappa shape index (κ1) is 34.8. The third-order valence-corrected chi connectivity index (χ3v) is 13.0. The summed E-state index contributed by atoms with van der Waals surface area (Å²) in [6, 6.07) is 69.6. The van der Waals surface area contributed by atoms with Gasteiger partial charge in [-0.25, -0.2) is 0 Å². The van der Waals surface area contributed by atoms with Gasteiger partial charge in [-0.2, -0.15) is 0 Å². The highest BCUT2D eigenvalue weighted by Crippen LogP contribution is 2.53. The van der Waals surface area contributed by atoms with Gasteiger partial charge < -0.3 is 18.6 Å². The monoisotopic (exact) mass is 794 g/mol. The van der Waals surface area contributed by atoms with E-state index < -0.39 is 0 Å². The lowest BCUT2D eigenvalue weighted by molar-refractivity contribution is 0.669. The number of furan rings is 2. The highest BCUT2D eigenvalue weighted by atomic mass is 16.3. The first-order valence-corrected chi connectivity index (χ1v) is 21.3. The van der Waals surface area contributed by atoms with Gasteiger partial charge in [0, 0.05) is 54.5 Å². The minimum atomic E-state index is 0.864. The first-order chi connectivity index (χ1) is 30.6. The van der Waals surface area contributed by atoms with E-state index in [4.69, 9.17) is 8.83 Å². The number of hydrogen-bond donors (Lipinski definition) is 0. The van der Waals surface area contributed by atoms with E-state index in [-0.39, 0.29) is 0 Å². The molecule has 0 aliphatic rings. The lowest BCUT2D eigenvalue weighted by Crippen LogP contribution is -2.12. The Kier molecular flexibility index (Phi) is 7.40. The predicted octanol–water partition coefficient (Wildman–Crippen LogP) is 17.1. The Morgan fingerprint density at radius 1 is 0.290 bits per heavy atom.